The van der Waals surface area contributed by atoms with Crippen molar-refractivity contribution in [2.45, 2.75) is 6.92 Å². The highest BCUT2D eigenvalue weighted by Crippen LogP contribution is 2.18. The van der Waals surface area contributed by atoms with Crippen LogP contribution in [0.1, 0.15) is 5.56 Å². The number of rotatable bonds is 2. The van der Waals surface area contributed by atoms with E-state index in [0.29, 0.717) is 22.1 Å². The van der Waals surface area contributed by atoms with Gasteiger partial charge in [-0.05, 0) is 55.5 Å². The summed E-state index contributed by atoms with van der Waals surface area (Å²) in [6, 6.07) is 10.5. The Morgan fingerprint density at radius 1 is 1.00 bits per heavy atom. The van der Waals surface area contributed by atoms with Gasteiger partial charge < -0.3 is 10.6 Å². The molecule has 0 heterocycles. The van der Waals surface area contributed by atoms with Gasteiger partial charge in [0.25, 0.3) is 0 Å². The average Bonchev–Trinajstić information content (AvgIpc) is 2.38. The van der Waals surface area contributed by atoms with Gasteiger partial charge in [-0.3, -0.25) is 0 Å². The van der Waals surface area contributed by atoms with Crippen molar-refractivity contribution in [3.05, 3.63) is 59.7 Å². The Bertz CT molecular complexity index is 597. The summed E-state index contributed by atoms with van der Waals surface area (Å²) in [5.41, 5.74) is 1.75. The lowest BCUT2D eigenvalue weighted by molar-refractivity contribution is 0.619. The fraction of sp³-hybridized carbons (Fsp3) is 0.0714. The van der Waals surface area contributed by atoms with Crippen LogP contribution in [0, 0.1) is 18.6 Å². The van der Waals surface area contributed by atoms with Crippen LogP contribution in [0.4, 0.5) is 20.2 Å². The zero-order valence-electron chi connectivity index (χ0n) is 10.2. The molecule has 5 heteroatoms. The monoisotopic (exact) mass is 278 g/mol. The van der Waals surface area contributed by atoms with Gasteiger partial charge in [0.1, 0.15) is 11.6 Å². The molecule has 98 valence electrons. The summed E-state index contributed by atoms with van der Waals surface area (Å²) in [5, 5.41) is 6.12. The molecule has 0 aliphatic carbocycles. The molecule has 2 aromatic carbocycles. The standard InChI is InChI=1S/C14H12F2N2S/c1-9-12(16)3-2-4-13(9)18-14(19)17-11-7-5-10(15)6-8-11/h2-8H,1H3,(H2,17,18,19). The van der Waals surface area contributed by atoms with Gasteiger partial charge in [0.2, 0.25) is 0 Å². The van der Waals surface area contributed by atoms with Crippen molar-refractivity contribution in [1.82, 2.24) is 0 Å². The Kier molecular flexibility index (Phi) is 4.06. The highest BCUT2D eigenvalue weighted by Gasteiger charge is 2.05. The van der Waals surface area contributed by atoms with Crippen molar-refractivity contribution in [3.8, 4) is 0 Å². The number of thiocarbonyl (C=S) groups is 1. The number of halogens is 2. The summed E-state index contributed by atoms with van der Waals surface area (Å²) in [4.78, 5) is 0. The topological polar surface area (TPSA) is 24.1 Å². The van der Waals surface area contributed by atoms with Crippen LogP contribution < -0.4 is 10.6 Å². The Hall–Kier alpha value is -2.01. The molecule has 0 saturated heterocycles. The third-order valence-corrected chi connectivity index (χ3v) is 2.82. The fourth-order valence-electron chi connectivity index (χ4n) is 1.56. The predicted molar refractivity (Wildman–Crippen MR) is 77.4 cm³/mol. The normalized spacial score (nSPS) is 10.1. The van der Waals surface area contributed by atoms with Crippen LogP contribution in [0.3, 0.4) is 0 Å². The first-order valence-corrected chi connectivity index (χ1v) is 6.06. The van der Waals surface area contributed by atoms with Gasteiger partial charge in [-0.1, -0.05) is 6.07 Å². The summed E-state index contributed by atoms with van der Waals surface area (Å²) in [7, 11) is 0. The van der Waals surface area contributed by atoms with E-state index in [-0.39, 0.29) is 11.6 Å². The molecular formula is C14H12F2N2S. The summed E-state index contributed by atoms with van der Waals surface area (Å²) in [6.07, 6.45) is 0. The van der Waals surface area contributed by atoms with Crippen molar-refractivity contribution in [3.63, 3.8) is 0 Å². The smallest absolute Gasteiger partial charge is 0.175 e. The Morgan fingerprint density at radius 3 is 2.37 bits per heavy atom. The molecule has 2 N–H and O–H groups in total. The lowest BCUT2D eigenvalue weighted by atomic mass is 10.2. The van der Waals surface area contributed by atoms with Crippen molar-refractivity contribution in [2.75, 3.05) is 10.6 Å². The number of hydrogen-bond donors (Lipinski definition) is 2. The van der Waals surface area contributed by atoms with E-state index >= 15 is 0 Å². The zero-order valence-corrected chi connectivity index (χ0v) is 11.0. The molecular weight excluding hydrogens is 266 g/mol. The molecule has 0 radical (unpaired) electrons. The number of hydrogen-bond acceptors (Lipinski definition) is 1. The van der Waals surface area contributed by atoms with E-state index < -0.39 is 0 Å². The molecule has 0 atom stereocenters. The second-order valence-electron chi connectivity index (χ2n) is 4.00. The van der Waals surface area contributed by atoms with Crippen molar-refractivity contribution >= 4 is 28.7 Å². The minimum atomic E-state index is -0.314. The number of nitrogens with one attached hydrogen (secondary N) is 2. The third-order valence-electron chi connectivity index (χ3n) is 2.62. The SMILES string of the molecule is Cc1c(F)cccc1NC(=S)Nc1ccc(F)cc1. The summed E-state index contributed by atoms with van der Waals surface area (Å²) in [6.45, 7) is 1.66. The van der Waals surface area contributed by atoms with Crippen molar-refractivity contribution < 1.29 is 8.78 Å². The van der Waals surface area contributed by atoms with E-state index in [1.54, 1.807) is 31.2 Å². The van der Waals surface area contributed by atoms with E-state index in [2.05, 4.69) is 10.6 Å². The summed E-state index contributed by atoms with van der Waals surface area (Å²) in [5.74, 6) is -0.611. The molecule has 19 heavy (non-hydrogen) atoms. The lowest BCUT2D eigenvalue weighted by Gasteiger charge is -2.12. The molecule has 0 spiro atoms. The van der Waals surface area contributed by atoms with Crippen molar-refractivity contribution in [1.29, 1.82) is 0 Å². The van der Waals surface area contributed by atoms with Crippen molar-refractivity contribution in [2.24, 2.45) is 0 Å². The fourth-order valence-corrected chi connectivity index (χ4v) is 1.79. The molecule has 0 bridgehead atoms. The van der Waals surface area contributed by atoms with Crippen LogP contribution in [0.5, 0.6) is 0 Å². The van der Waals surface area contributed by atoms with Crippen LogP contribution in [0.15, 0.2) is 42.5 Å². The van der Waals surface area contributed by atoms with Crippen LogP contribution in [-0.4, -0.2) is 5.11 Å². The first kappa shape index (κ1) is 13.4. The second-order valence-corrected chi connectivity index (χ2v) is 4.41. The summed E-state index contributed by atoms with van der Waals surface area (Å²) < 4.78 is 26.1. The molecule has 0 amide bonds. The lowest BCUT2D eigenvalue weighted by Crippen LogP contribution is -2.19. The van der Waals surface area contributed by atoms with E-state index in [9.17, 15) is 8.78 Å². The summed E-state index contributed by atoms with van der Waals surface area (Å²) >= 11 is 5.12. The van der Waals surface area contributed by atoms with Gasteiger partial charge >= 0.3 is 0 Å². The first-order chi connectivity index (χ1) is 9.06. The van der Waals surface area contributed by atoms with Gasteiger partial charge in [0.15, 0.2) is 5.11 Å². The minimum absolute atomic E-state index is 0.297. The van der Waals surface area contributed by atoms with Gasteiger partial charge in [0, 0.05) is 16.9 Å². The first-order valence-electron chi connectivity index (χ1n) is 5.65. The largest absolute Gasteiger partial charge is 0.332 e. The van der Waals surface area contributed by atoms with Crippen LogP contribution in [-0.2, 0) is 0 Å². The zero-order chi connectivity index (χ0) is 13.8. The molecule has 2 rings (SSSR count). The average molecular weight is 278 g/mol. The Labute approximate surface area is 115 Å². The Morgan fingerprint density at radius 2 is 1.68 bits per heavy atom. The number of benzene rings is 2. The van der Waals surface area contributed by atoms with Gasteiger partial charge in [-0.2, -0.15) is 0 Å². The van der Waals surface area contributed by atoms with E-state index in [4.69, 9.17) is 12.2 Å². The molecule has 0 aliphatic rings. The maximum Gasteiger partial charge on any atom is 0.175 e. The molecule has 0 aliphatic heterocycles. The molecule has 2 nitrogen and oxygen atoms in total. The molecule has 0 saturated carbocycles. The van der Waals surface area contributed by atoms with Crippen LogP contribution in [0.25, 0.3) is 0 Å². The minimum Gasteiger partial charge on any atom is -0.332 e. The second kappa shape index (κ2) is 5.75. The molecule has 0 aromatic heterocycles. The van der Waals surface area contributed by atoms with Crippen LogP contribution in [0.2, 0.25) is 0 Å². The van der Waals surface area contributed by atoms with E-state index in [0.717, 1.165) is 0 Å². The quantitative estimate of drug-likeness (QED) is 0.809. The maximum absolute atomic E-state index is 13.4. The maximum atomic E-state index is 13.4. The third kappa shape index (κ3) is 3.48. The predicted octanol–water partition coefficient (Wildman–Crippen LogP) is 4.08. The number of anilines is 2. The highest BCUT2D eigenvalue weighted by atomic mass is 32.1. The van der Waals surface area contributed by atoms with Gasteiger partial charge in [0.05, 0.1) is 0 Å². The van der Waals surface area contributed by atoms with Gasteiger partial charge in [-0.15, -0.1) is 0 Å². The molecule has 2 aromatic rings. The van der Waals surface area contributed by atoms with Crippen LogP contribution >= 0.6 is 12.2 Å². The molecule has 0 unspecified atom stereocenters. The molecule has 0 fully saturated rings. The van der Waals surface area contributed by atoms with E-state index in [1.807, 2.05) is 0 Å². The van der Waals surface area contributed by atoms with Gasteiger partial charge in [-0.25, -0.2) is 8.78 Å². The highest BCUT2D eigenvalue weighted by molar-refractivity contribution is 7.80. The van der Waals surface area contributed by atoms with E-state index in [1.165, 1.54) is 18.2 Å². The Balaban J connectivity index is 2.05.